The van der Waals surface area contributed by atoms with Crippen molar-refractivity contribution in [3.05, 3.63) is 0 Å². The lowest BCUT2D eigenvalue weighted by molar-refractivity contribution is -0.159. The zero-order chi connectivity index (χ0) is 16.5. The molecule has 0 bridgehead atoms. The van der Waals surface area contributed by atoms with Crippen LogP contribution in [0.5, 0.6) is 0 Å². The van der Waals surface area contributed by atoms with E-state index in [1.165, 1.54) is 0 Å². The van der Waals surface area contributed by atoms with Crippen LogP contribution in [0.2, 0.25) is 0 Å². The lowest BCUT2D eigenvalue weighted by Gasteiger charge is -2.18. The molecule has 0 radical (unpaired) electrons. The second kappa shape index (κ2) is 17.1. The molecule has 134 valence electrons. The molecule has 0 aliphatic rings. The molecule has 2 N–H and O–H groups in total. The van der Waals surface area contributed by atoms with Gasteiger partial charge in [-0.15, -0.1) is 0 Å². The van der Waals surface area contributed by atoms with Gasteiger partial charge in [0.05, 0.1) is 25.9 Å². The third kappa shape index (κ3) is 14.7. The van der Waals surface area contributed by atoms with E-state index < -0.39 is 6.29 Å². The molecule has 0 spiro atoms. The molecule has 0 aromatic rings. The van der Waals surface area contributed by atoms with Crippen molar-refractivity contribution < 1.29 is 29.2 Å². The van der Waals surface area contributed by atoms with Gasteiger partial charge >= 0.3 is 0 Å². The largest absolute Gasteiger partial charge is 0.396 e. The Labute approximate surface area is 134 Å². The number of ether oxygens (including phenoxy) is 4. The fourth-order valence-electron chi connectivity index (χ4n) is 1.81. The molecule has 0 heterocycles. The van der Waals surface area contributed by atoms with Gasteiger partial charge in [-0.25, -0.2) is 0 Å². The Morgan fingerprint density at radius 1 is 0.818 bits per heavy atom. The molecule has 0 aromatic carbocycles. The molecule has 6 nitrogen and oxygen atoms in total. The van der Waals surface area contributed by atoms with E-state index in [0.717, 1.165) is 25.7 Å². The third-order valence-electron chi connectivity index (χ3n) is 3.13. The summed E-state index contributed by atoms with van der Waals surface area (Å²) in [7, 11) is 0. The van der Waals surface area contributed by atoms with Crippen LogP contribution in [0.15, 0.2) is 0 Å². The second-order valence-electron chi connectivity index (χ2n) is 5.05. The first-order valence-corrected chi connectivity index (χ1v) is 8.42. The van der Waals surface area contributed by atoms with Gasteiger partial charge in [0, 0.05) is 32.8 Å². The molecule has 0 saturated carbocycles. The maximum Gasteiger partial charge on any atom is 0.159 e. The van der Waals surface area contributed by atoms with Crippen LogP contribution in [0.4, 0.5) is 0 Å². The van der Waals surface area contributed by atoms with Crippen LogP contribution >= 0.6 is 0 Å². The summed E-state index contributed by atoms with van der Waals surface area (Å²) >= 11 is 0. The Kier molecular flexibility index (Phi) is 16.9. The van der Waals surface area contributed by atoms with E-state index in [1.54, 1.807) is 0 Å². The van der Waals surface area contributed by atoms with Gasteiger partial charge in [0.2, 0.25) is 0 Å². The fourth-order valence-corrected chi connectivity index (χ4v) is 1.81. The minimum atomic E-state index is -0.392. The summed E-state index contributed by atoms with van der Waals surface area (Å²) in [5.74, 6) is 0. The first-order chi connectivity index (χ1) is 10.7. The fraction of sp³-hybridized carbons (Fsp3) is 1.00. The molecule has 0 saturated heterocycles. The maximum atomic E-state index is 9.40. The van der Waals surface area contributed by atoms with Crippen LogP contribution in [0.3, 0.4) is 0 Å². The SMILES string of the molecule is CCOCCCOC(CCO)OCCOCCCC(O)CC. The minimum Gasteiger partial charge on any atom is -0.396 e. The Balaban J connectivity index is 3.48. The lowest BCUT2D eigenvalue weighted by atomic mass is 10.2. The Morgan fingerprint density at radius 2 is 1.55 bits per heavy atom. The molecule has 2 unspecified atom stereocenters. The minimum absolute atomic E-state index is 0.0336. The molecule has 0 aromatic heterocycles. The standard InChI is InChI=1S/C16H34O6/c1-3-15(18)7-5-10-20-13-14-22-16(8-9-17)21-12-6-11-19-4-2/h15-18H,3-14H2,1-2H3. The summed E-state index contributed by atoms with van der Waals surface area (Å²) < 4.78 is 21.8. The van der Waals surface area contributed by atoms with Gasteiger partial charge in [-0.1, -0.05) is 6.92 Å². The molecule has 6 heteroatoms. The first-order valence-electron chi connectivity index (χ1n) is 8.42. The van der Waals surface area contributed by atoms with Crippen LogP contribution in [0.25, 0.3) is 0 Å². The van der Waals surface area contributed by atoms with E-state index in [2.05, 4.69) is 0 Å². The number of hydrogen-bond acceptors (Lipinski definition) is 6. The Hall–Kier alpha value is -0.240. The van der Waals surface area contributed by atoms with Crippen LogP contribution in [-0.2, 0) is 18.9 Å². The van der Waals surface area contributed by atoms with E-state index in [1.807, 2.05) is 13.8 Å². The topological polar surface area (TPSA) is 77.4 Å². The molecule has 2 atom stereocenters. The molecule has 0 rings (SSSR count). The number of aliphatic hydroxyl groups is 2. The first kappa shape index (κ1) is 21.8. The number of rotatable bonds is 17. The van der Waals surface area contributed by atoms with Crippen molar-refractivity contribution in [1.29, 1.82) is 0 Å². The monoisotopic (exact) mass is 322 g/mol. The lowest BCUT2D eigenvalue weighted by Crippen LogP contribution is -2.22. The van der Waals surface area contributed by atoms with Crippen LogP contribution in [-0.4, -0.2) is 68.9 Å². The van der Waals surface area contributed by atoms with Gasteiger partial charge in [0.1, 0.15) is 0 Å². The van der Waals surface area contributed by atoms with E-state index in [9.17, 15) is 5.11 Å². The number of hydrogen-bond donors (Lipinski definition) is 2. The summed E-state index contributed by atoms with van der Waals surface area (Å²) in [5, 5.41) is 18.4. The predicted octanol–water partition coefficient (Wildman–Crippen LogP) is 1.72. The molecule has 0 amide bonds. The third-order valence-corrected chi connectivity index (χ3v) is 3.13. The molecule has 22 heavy (non-hydrogen) atoms. The summed E-state index contributed by atoms with van der Waals surface area (Å²) in [4.78, 5) is 0. The van der Waals surface area contributed by atoms with Gasteiger partial charge in [-0.05, 0) is 32.6 Å². The van der Waals surface area contributed by atoms with Crippen molar-refractivity contribution >= 4 is 0 Å². The highest BCUT2D eigenvalue weighted by molar-refractivity contribution is 4.51. The Bertz CT molecular complexity index is 215. The summed E-state index contributed by atoms with van der Waals surface area (Å²) in [5.41, 5.74) is 0. The average Bonchev–Trinajstić information content (AvgIpc) is 2.53. The van der Waals surface area contributed by atoms with Gasteiger partial charge in [-0.2, -0.15) is 0 Å². The quantitative estimate of drug-likeness (QED) is 0.314. The van der Waals surface area contributed by atoms with E-state index in [4.69, 9.17) is 24.1 Å². The zero-order valence-corrected chi connectivity index (χ0v) is 14.2. The van der Waals surface area contributed by atoms with Crippen molar-refractivity contribution in [3.63, 3.8) is 0 Å². The smallest absolute Gasteiger partial charge is 0.159 e. The van der Waals surface area contributed by atoms with Crippen molar-refractivity contribution in [3.8, 4) is 0 Å². The van der Waals surface area contributed by atoms with Crippen LogP contribution < -0.4 is 0 Å². The van der Waals surface area contributed by atoms with Gasteiger partial charge in [0.15, 0.2) is 6.29 Å². The molecule has 0 aliphatic heterocycles. The van der Waals surface area contributed by atoms with Crippen molar-refractivity contribution in [1.82, 2.24) is 0 Å². The highest BCUT2D eigenvalue weighted by atomic mass is 16.7. The van der Waals surface area contributed by atoms with Crippen molar-refractivity contribution in [2.45, 2.75) is 58.3 Å². The van der Waals surface area contributed by atoms with Gasteiger partial charge in [-0.3, -0.25) is 0 Å². The van der Waals surface area contributed by atoms with Gasteiger partial charge < -0.3 is 29.2 Å². The molecule has 0 aliphatic carbocycles. The Morgan fingerprint density at radius 3 is 2.23 bits per heavy atom. The predicted molar refractivity (Wildman–Crippen MR) is 84.9 cm³/mol. The molecular formula is C16H34O6. The van der Waals surface area contributed by atoms with Crippen LogP contribution in [0, 0.1) is 0 Å². The summed E-state index contributed by atoms with van der Waals surface area (Å²) in [6.45, 7) is 7.46. The van der Waals surface area contributed by atoms with E-state index >= 15 is 0 Å². The normalized spacial score (nSPS) is 14.2. The van der Waals surface area contributed by atoms with Crippen molar-refractivity contribution in [2.75, 3.05) is 46.2 Å². The second-order valence-corrected chi connectivity index (χ2v) is 5.05. The summed E-state index contributed by atoms with van der Waals surface area (Å²) in [6.07, 6.45) is 3.06. The molecule has 0 fully saturated rings. The van der Waals surface area contributed by atoms with Gasteiger partial charge in [0.25, 0.3) is 0 Å². The van der Waals surface area contributed by atoms with Crippen LogP contribution in [0.1, 0.15) is 46.0 Å². The highest BCUT2D eigenvalue weighted by Crippen LogP contribution is 2.03. The van der Waals surface area contributed by atoms with E-state index in [-0.39, 0.29) is 12.7 Å². The molecular weight excluding hydrogens is 288 g/mol. The van der Waals surface area contributed by atoms with E-state index in [0.29, 0.717) is 46.1 Å². The number of aliphatic hydroxyl groups excluding tert-OH is 2. The highest BCUT2D eigenvalue weighted by Gasteiger charge is 2.08. The zero-order valence-electron chi connectivity index (χ0n) is 14.2. The maximum absolute atomic E-state index is 9.40. The van der Waals surface area contributed by atoms with Crippen molar-refractivity contribution in [2.24, 2.45) is 0 Å². The summed E-state index contributed by atoms with van der Waals surface area (Å²) in [6, 6.07) is 0. The average molecular weight is 322 g/mol.